The van der Waals surface area contributed by atoms with Gasteiger partial charge in [0.15, 0.2) is 11.5 Å². The summed E-state index contributed by atoms with van der Waals surface area (Å²) < 4.78 is 16.3. The zero-order valence-corrected chi connectivity index (χ0v) is 18.5. The highest BCUT2D eigenvalue weighted by atomic mass is 32.2. The van der Waals surface area contributed by atoms with Crippen LogP contribution in [0, 0.1) is 6.92 Å². The number of rotatable bonds is 7. The van der Waals surface area contributed by atoms with Crippen molar-refractivity contribution in [3.05, 3.63) is 64.1 Å². The van der Waals surface area contributed by atoms with Gasteiger partial charge in [-0.05, 0) is 41.8 Å². The maximum Gasteiger partial charge on any atom is 0.325 e. The number of carbonyl (C=O) groups is 2. The Morgan fingerprint density at radius 3 is 2.63 bits per heavy atom. The second kappa shape index (κ2) is 9.77. The van der Waals surface area contributed by atoms with Gasteiger partial charge < -0.3 is 14.2 Å². The lowest BCUT2D eigenvalue weighted by molar-refractivity contribution is -0.143. The molecule has 1 aliphatic heterocycles. The quantitative estimate of drug-likeness (QED) is 0.365. The van der Waals surface area contributed by atoms with E-state index in [0.717, 1.165) is 28.5 Å². The summed E-state index contributed by atoms with van der Waals surface area (Å²) in [6, 6.07) is 13.5. The third kappa shape index (κ3) is 5.01. The number of hydrogen-bond donors (Lipinski definition) is 0. The van der Waals surface area contributed by atoms with Gasteiger partial charge in [0.1, 0.15) is 17.5 Å². The van der Waals surface area contributed by atoms with Crippen molar-refractivity contribution < 1.29 is 23.8 Å². The van der Waals surface area contributed by atoms with E-state index >= 15 is 0 Å². The monoisotopic (exact) mass is 443 g/mol. The van der Waals surface area contributed by atoms with E-state index < -0.39 is 5.97 Å². The van der Waals surface area contributed by atoms with E-state index in [4.69, 9.17) is 21.7 Å². The molecule has 0 bridgehead atoms. The fourth-order valence-corrected chi connectivity index (χ4v) is 4.06. The molecule has 3 rings (SSSR count). The minimum atomic E-state index is -0.524. The Morgan fingerprint density at radius 1 is 1.17 bits per heavy atom. The van der Waals surface area contributed by atoms with Crippen LogP contribution in [0.15, 0.2) is 47.4 Å². The summed E-state index contributed by atoms with van der Waals surface area (Å²) in [7, 11) is 2.83. The molecule has 1 saturated heterocycles. The third-order valence-electron chi connectivity index (χ3n) is 4.52. The number of hydrogen-bond acceptors (Lipinski definition) is 7. The van der Waals surface area contributed by atoms with Gasteiger partial charge in [0.05, 0.1) is 19.1 Å². The molecule has 2 aromatic carbocycles. The molecule has 8 heteroatoms. The average molecular weight is 444 g/mol. The van der Waals surface area contributed by atoms with E-state index in [1.807, 2.05) is 37.3 Å². The summed E-state index contributed by atoms with van der Waals surface area (Å²) in [5.74, 6) is 0.317. The normalized spacial score (nSPS) is 14.9. The van der Waals surface area contributed by atoms with Crippen LogP contribution >= 0.6 is 24.0 Å². The molecule has 1 heterocycles. The largest absolute Gasteiger partial charge is 0.493 e. The molecule has 156 valence electrons. The summed E-state index contributed by atoms with van der Waals surface area (Å²) in [6.45, 7) is 2.26. The highest BCUT2D eigenvalue weighted by molar-refractivity contribution is 8.26. The first-order valence-electron chi connectivity index (χ1n) is 9.10. The Bertz CT molecular complexity index is 1020. The Hall–Kier alpha value is -2.84. The first-order chi connectivity index (χ1) is 14.4. The standard InChI is InChI=1S/C22H21NO5S2/c1-14-6-4-5-7-16(14)13-28-17-9-8-15(10-18(17)26-2)11-19-21(25)23(22(29)30-19)12-20(24)27-3/h4-11H,12-13H2,1-3H3. The molecule has 1 fully saturated rings. The lowest BCUT2D eigenvalue weighted by Gasteiger charge is -2.13. The van der Waals surface area contributed by atoms with Crippen molar-refractivity contribution in [3.8, 4) is 11.5 Å². The second-order valence-electron chi connectivity index (χ2n) is 6.47. The van der Waals surface area contributed by atoms with Crippen molar-refractivity contribution in [3.63, 3.8) is 0 Å². The van der Waals surface area contributed by atoms with Crippen LogP contribution in [0.25, 0.3) is 6.08 Å². The minimum absolute atomic E-state index is 0.201. The van der Waals surface area contributed by atoms with Gasteiger partial charge >= 0.3 is 5.97 Å². The number of amides is 1. The first-order valence-corrected chi connectivity index (χ1v) is 10.3. The van der Waals surface area contributed by atoms with Crippen LogP contribution in [0.2, 0.25) is 0 Å². The summed E-state index contributed by atoms with van der Waals surface area (Å²) in [4.78, 5) is 25.7. The molecule has 0 saturated carbocycles. The van der Waals surface area contributed by atoms with E-state index in [2.05, 4.69) is 4.74 Å². The molecule has 0 aliphatic carbocycles. The van der Waals surface area contributed by atoms with Crippen molar-refractivity contribution >= 4 is 46.3 Å². The number of benzene rings is 2. The maximum atomic E-state index is 12.6. The van der Waals surface area contributed by atoms with Crippen LogP contribution < -0.4 is 9.47 Å². The molecule has 0 spiro atoms. The number of carbonyl (C=O) groups excluding carboxylic acids is 2. The van der Waals surface area contributed by atoms with E-state index in [-0.39, 0.29) is 12.5 Å². The third-order valence-corrected chi connectivity index (χ3v) is 5.90. The SMILES string of the molecule is COC(=O)CN1C(=O)C(=Cc2ccc(OCc3ccccc3C)c(OC)c2)SC1=S. The van der Waals surface area contributed by atoms with Gasteiger partial charge in [0.25, 0.3) is 5.91 Å². The fourth-order valence-electron chi connectivity index (χ4n) is 2.80. The lowest BCUT2D eigenvalue weighted by Crippen LogP contribution is -2.33. The Morgan fingerprint density at radius 2 is 1.93 bits per heavy atom. The van der Waals surface area contributed by atoms with Crippen LogP contribution in [-0.2, 0) is 20.9 Å². The van der Waals surface area contributed by atoms with Crippen molar-refractivity contribution in [1.82, 2.24) is 4.90 Å². The topological polar surface area (TPSA) is 65.1 Å². The predicted octanol–water partition coefficient (Wildman–Crippen LogP) is 3.96. The molecule has 0 atom stereocenters. The minimum Gasteiger partial charge on any atom is -0.493 e. The average Bonchev–Trinajstić information content (AvgIpc) is 3.00. The van der Waals surface area contributed by atoms with E-state index in [0.29, 0.717) is 27.3 Å². The van der Waals surface area contributed by atoms with Crippen molar-refractivity contribution in [1.29, 1.82) is 0 Å². The molecule has 2 aromatic rings. The summed E-state index contributed by atoms with van der Waals surface area (Å²) in [5.41, 5.74) is 3.01. The van der Waals surface area contributed by atoms with Crippen LogP contribution in [0.5, 0.6) is 11.5 Å². The number of nitrogens with zero attached hydrogens (tertiary/aromatic N) is 1. The molecular weight excluding hydrogens is 422 g/mol. The van der Waals surface area contributed by atoms with Crippen LogP contribution in [-0.4, -0.2) is 41.9 Å². The zero-order chi connectivity index (χ0) is 21.7. The first kappa shape index (κ1) is 21.9. The number of methoxy groups -OCH3 is 2. The molecular formula is C22H21NO5S2. The molecule has 1 amide bonds. The molecule has 1 aliphatic rings. The Labute approximate surface area is 184 Å². The number of thioether (sulfide) groups is 1. The Balaban J connectivity index is 1.76. The maximum absolute atomic E-state index is 12.6. The smallest absolute Gasteiger partial charge is 0.325 e. The number of aryl methyl sites for hydroxylation is 1. The van der Waals surface area contributed by atoms with Gasteiger partial charge in [0.2, 0.25) is 0 Å². The molecule has 0 radical (unpaired) electrons. The van der Waals surface area contributed by atoms with E-state index in [9.17, 15) is 9.59 Å². The summed E-state index contributed by atoms with van der Waals surface area (Å²) in [5, 5.41) is 0. The molecule has 0 N–H and O–H groups in total. The molecule has 30 heavy (non-hydrogen) atoms. The summed E-state index contributed by atoms with van der Waals surface area (Å²) in [6.07, 6.45) is 1.71. The highest BCUT2D eigenvalue weighted by Gasteiger charge is 2.33. The van der Waals surface area contributed by atoms with Crippen LogP contribution in [0.3, 0.4) is 0 Å². The van der Waals surface area contributed by atoms with Crippen molar-refractivity contribution in [2.75, 3.05) is 20.8 Å². The number of thiocarbonyl (C=S) groups is 1. The molecule has 0 aromatic heterocycles. The van der Waals surface area contributed by atoms with Crippen LogP contribution in [0.4, 0.5) is 0 Å². The van der Waals surface area contributed by atoms with E-state index in [1.165, 1.54) is 12.0 Å². The highest BCUT2D eigenvalue weighted by Crippen LogP contribution is 2.35. The number of ether oxygens (including phenoxy) is 3. The number of esters is 1. The molecule has 0 unspecified atom stereocenters. The van der Waals surface area contributed by atoms with Gasteiger partial charge in [-0.25, -0.2) is 0 Å². The van der Waals surface area contributed by atoms with Gasteiger partial charge in [-0.2, -0.15) is 0 Å². The zero-order valence-electron chi connectivity index (χ0n) is 16.8. The van der Waals surface area contributed by atoms with Gasteiger partial charge in [-0.1, -0.05) is 54.3 Å². The Kier molecular flexibility index (Phi) is 7.12. The van der Waals surface area contributed by atoms with Gasteiger partial charge in [-0.15, -0.1) is 0 Å². The van der Waals surface area contributed by atoms with Crippen molar-refractivity contribution in [2.45, 2.75) is 13.5 Å². The molecule has 6 nitrogen and oxygen atoms in total. The van der Waals surface area contributed by atoms with Crippen molar-refractivity contribution in [2.24, 2.45) is 0 Å². The second-order valence-corrected chi connectivity index (χ2v) is 8.15. The van der Waals surface area contributed by atoms with E-state index in [1.54, 1.807) is 25.3 Å². The van der Waals surface area contributed by atoms with Crippen LogP contribution in [0.1, 0.15) is 16.7 Å². The summed E-state index contributed by atoms with van der Waals surface area (Å²) >= 11 is 6.36. The van der Waals surface area contributed by atoms with Gasteiger partial charge in [-0.3, -0.25) is 14.5 Å². The van der Waals surface area contributed by atoms with Gasteiger partial charge in [0, 0.05) is 0 Å². The fraction of sp³-hybridized carbons (Fsp3) is 0.227. The predicted molar refractivity (Wildman–Crippen MR) is 120 cm³/mol. The lowest BCUT2D eigenvalue weighted by atomic mass is 10.1.